The van der Waals surface area contributed by atoms with E-state index in [1.807, 2.05) is 0 Å². The molecule has 0 aliphatic heterocycles. The predicted molar refractivity (Wildman–Crippen MR) is 129 cm³/mol. The number of carbonyl (C=O) groups is 2. The van der Waals surface area contributed by atoms with Crippen LogP contribution in [0.15, 0.2) is 41.6 Å². The van der Waals surface area contributed by atoms with Crippen molar-refractivity contribution in [3.8, 4) is 0 Å². The van der Waals surface area contributed by atoms with Crippen molar-refractivity contribution in [2.45, 2.75) is 11.6 Å². The van der Waals surface area contributed by atoms with Crippen LogP contribution in [0.25, 0.3) is 0 Å². The van der Waals surface area contributed by atoms with Crippen molar-refractivity contribution < 1.29 is 9.59 Å². The van der Waals surface area contributed by atoms with Crippen LogP contribution in [0.2, 0.25) is 20.1 Å². The summed E-state index contributed by atoms with van der Waals surface area (Å²) in [6, 6.07) is 9.69. The first-order valence-electron chi connectivity index (χ1n) is 9.24. The molecule has 168 valence electrons. The van der Waals surface area contributed by atoms with Crippen molar-refractivity contribution in [1.82, 2.24) is 20.1 Å². The zero-order valence-electron chi connectivity index (χ0n) is 16.7. The molecule has 7 nitrogen and oxygen atoms in total. The van der Waals surface area contributed by atoms with E-state index >= 15 is 0 Å². The first-order chi connectivity index (χ1) is 15.3. The van der Waals surface area contributed by atoms with E-state index in [9.17, 15) is 9.59 Å². The lowest BCUT2D eigenvalue weighted by Gasteiger charge is -2.08. The van der Waals surface area contributed by atoms with Gasteiger partial charge in [-0.1, -0.05) is 64.2 Å². The van der Waals surface area contributed by atoms with Gasteiger partial charge in [-0.15, -0.1) is 10.2 Å². The Morgan fingerprint density at radius 3 is 2.56 bits per heavy atom. The molecule has 2 N–H and O–H groups in total. The van der Waals surface area contributed by atoms with E-state index in [1.165, 1.54) is 17.8 Å². The topological polar surface area (TPSA) is 88.9 Å². The molecule has 0 radical (unpaired) electrons. The molecule has 0 aliphatic carbocycles. The summed E-state index contributed by atoms with van der Waals surface area (Å²) >= 11 is 25.1. The second-order valence-electron chi connectivity index (χ2n) is 6.53. The number of nitrogens with zero attached hydrogens (tertiary/aromatic N) is 3. The van der Waals surface area contributed by atoms with Gasteiger partial charge in [0, 0.05) is 25.6 Å². The van der Waals surface area contributed by atoms with E-state index < -0.39 is 0 Å². The predicted octanol–water partition coefficient (Wildman–Crippen LogP) is 5.13. The van der Waals surface area contributed by atoms with Gasteiger partial charge >= 0.3 is 0 Å². The van der Waals surface area contributed by atoms with Crippen LogP contribution in [0.5, 0.6) is 0 Å². The molecule has 0 atom stereocenters. The van der Waals surface area contributed by atoms with Gasteiger partial charge in [0.05, 0.1) is 31.5 Å². The largest absolute Gasteiger partial charge is 0.352 e. The van der Waals surface area contributed by atoms with Crippen LogP contribution < -0.4 is 10.6 Å². The molecule has 0 unspecified atom stereocenters. The summed E-state index contributed by atoms with van der Waals surface area (Å²) in [7, 11) is 1.80. The number of benzene rings is 2. The zero-order valence-corrected chi connectivity index (χ0v) is 20.5. The fourth-order valence-electron chi connectivity index (χ4n) is 2.63. The highest BCUT2D eigenvalue weighted by Gasteiger charge is 2.14. The van der Waals surface area contributed by atoms with E-state index in [1.54, 1.807) is 41.9 Å². The van der Waals surface area contributed by atoms with Gasteiger partial charge in [-0.25, -0.2) is 0 Å². The summed E-state index contributed by atoms with van der Waals surface area (Å²) in [6.45, 7) is 0.351. The third-order valence-electron chi connectivity index (χ3n) is 4.30. The van der Waals surface area contributed by atoms with Gasteiger partial charge in [0.15, 0.2) is 5.16 Å². The number of aromatic nitrogens is 3. The van der Waals surface area contributed by atoms with Crippen molar-refractivity contribution >= 4 is 75.7 Å². The Kier molecular flexibility index (Phi) is 8.67. The van der Waals surface area contributed by atoms with Gasteiger partial charge in [-0.05, 0) is 30.3 Å². The molecule has 3 aromatic rings. The lowest BCUT2D eigenvalue weighted by Crippen LogP contribution is -2.26. The molecular formula is C20H17Cl4N5O2S. The molecule has 0 fully saturated rings. The summed E-state index contributed by atoms with van der Waals surface area (Å²) in [4.78, 5) is 24.5. The quantitative estimate of drug-likeness (QED) is 0.392. The van der Waals surface area contributed by atoms with E-state index in [-0.39, 0.29) is 22.6 Å². The van der Waals surface area contributed by atoms with Crippen LogP contribution in [0, 0.1) is 0 Å². The first-order valence-corrected chi connectivity index (χ1v) is 11.7. The smallest absolute Gasteiger partial charge is 0.251 e. The van der Waals surface area contributed by atoms with Crippen molar-refractivity contribution in [2.24, 2.45) is 7.05 Å². The molecule has 0 aliphatic rings. The number of halogens is 4. The zero-order chi connectivity index (χ0) is 23.3. The second kappa shape index (κ2) is 11.2. The maximum Gasteiger partial charge on any atom is 0.251 e. The minimum Gasteiger partial charge on any atom is -0.352 e. The minimum absolute atomic E-state index is 0.114. The Morgan fingerprint density at radius 1 is 1.03 bits per heavy atom. The molecule has 1 heterocycles. The highest BCUT2D eigenvalue weighted by atomic mass is 35.5. The Labute approximate surface area is 208 Å². The summed E-state index contributed by atoms with van der Waals surface area (Å²) in [5.74, 6) is 0.262. The Hall–Kier alpha value is -1.97. The van der Waals surface area contributed by atoms with Crippen LogP contribution in [0.1, 0.15) is 16.2 Å². The van der Waals surface area contributed by atoms with Gasteiger partial charge in [0.2, 0.25) is 5.91 Å². The maximum absolute atomic E-state index is 12.2. The molecule has 1 aromatic heterocycles. The highest BCUT2D eigenvalue weighted by molar-refractivity contribution is 7.99. The van der Waals surface area contributed by atoms with E-state index in [2.05, 4.69) is 20.8 Å². The van der Waals surface area contributed by atoms with Gasteiger partial charge in [0.1, 0.15) is 5.82 Å². The van der Waals surface area contributed by atoms with Crippen molar-refractivity contribution in [3.63, 3.8) is 0 Å². The number of carbonyl (C=O) groups excluding carboxylic acids is 2. The fourth-order valence-corrected chi connectivity index (χ4v) is 4.01. The molecule has 0 bridgehead atoms. The van der Waals surface area contributed by atoms with Crippen LogP contribution in [-0.2, 0) is 18.3 Å². The number of nitrogens with one attached hydrogen (secondary N) is 2. The summed E-state index contributed by atoms with van der Waals surface area (Å²) in [6.07, 6.45) is 0.460. The number of thioether (sulfide) groups is 1. The normalized spacial score (nSPS) is 10.8. The van der Waals surface area contributed by atoms with Gasteiger partial charge in [0.25, 0.3) is 5.91 Å². The standard InChI is InChI=1S/C20H17Cl4N5O2S/c1-29-16(7-8-25-19(31)11-5-6-12(21)14(23)9-11)27-28-20(29)32-10-17(30)26-15-4-2-3-13(22)18(15)24/h2-6,9H,7-8,10H2,1H3,(H,25,31)(H,26,30). The minimum atomic E-state index is -0.267. The molecule has 0 saturated heterocycles. The van der Waals surface area contributed by atoms with Gasteiger partial charge in [-0.3, -0.25) is 9.59 Å². The monoisotopic (exact) mass is 531 g/mol. The van der Waals surface area contributed by atoms with Gasteiger partial charge < -0.3 is 15.2 Å². The maximum atomic E-state index is 12.2. The summed E-state index contributed by atoms with van der Waals surface area (Å²) in [5, 5.41) is 15.7. The second-order valence-corrected chi connectivity index (χ2v) is 9.07. The number of anilines is 1. The highest BCUT2D eigenvalue weighted by Crippen LogP contribution is 2.29. The van der Waals surface area contributed by atoms with Crippen molar-refractivity contribution in [2.75, 3.05) is 17.6 Å². The number of hydrogen-bond acceptors (Lipinski definition) is 5. The van der Waals surface area contributed by atoms with Crippen LogP contribution in [0.3, 0.4) is 0 Å². The third kappa shape index (κ3) is 6.30. The Balaban J connectivity index is 1.49. The number of hydrogen-bond donors (Lipinski definition) is 2. The molecule has 3 rings (SSSR count). The van der Waals surface area contributed by atoms with E-state index in [0.717, 1.165) is 0 Å². The van der Waals surface area contributed by atoms with Crippen LogP contribution in [0.4, 0.5) is 5.69 Å². The number of rotatable bonds is 8. The molecule has 32 heavy (non-hydrogen) atoms. The average Bonchev–Trinajstić information content (AvgIpc) is 3.11. The molecule has 2 amide bonds. The van der Waals surface area contributed by atoms with Crippen molar-refractivity contribution in [1.29, 1.82) is 0 Å². The summed E-state index contributed by atoms with van der Waals surface area (Å²) in [5.41, 5.74) is 0.862. The lowest BCUT2D eigenvalue weighted by atomic mass is 10.2. The van der Waals surface area contributed by atoms with E-state index in [0.29, 0.717) is 50.3 Å². The fraction of sp³-hybridized carbons (Fsp3) is 0.200. The molecule has 0 spiro atoms. The Bertz CT molecular complexity index is 1160. The summed E-state index contributed by atoms with van der Waals surface area (Å²) < 4.78 is 1.77. The molecular weight excluding hydrogens is 516 g/mol. The molecule has 0 saturated carbocycles. The van der Waals surface area contributed by atoms with E-state index in [4.69, 9.17) is 46.4 Å². The molecule has 2 aromatic carbocycles. The van der Waals surface area contributed by atoms with Gasteiger partial charge in [-0.2, -0.15) is 0 Å². The molecule has 12 heteroatoms. The van der Waals surface area contributed by atoms with Crippen LogP contribution >= 0.6 is 58.2 Å². The first kappa shape index (κ1) is 24.7. The SMILES string of the molecule is Cn1c(CCNC(=O)c2ccc(Cl)c(Cl)c2)nnc1SCC(=O)Nc1cccc(Cl)c1Cl. The number of amides is 2. The van der Waals surface area contributed by atoms with Crippen molar-refractivity contribution in [3.05, 3.63) is 67.9 Å². The third-order valence-corrected chi connectivity index (χ3v) is 6.88. The average molecular weight is 533 g/mol. The Morgan fingerprint density at radius 2 is 1.81 bits per heavy atom. The van der Waals surface area contributed by atoms with Crippen LogP contribution in [-0.4, -0.2) is 38.9 Å². The lowest BCUT2D eigenvalue weighted by molar-refractivity contribution is -0.113.